The minimum absolute atomic E-state index is 0.871. The van der Waals surface area contributed by atoms with Gasteiger partial charge in [-0.25, -0.2) is 0 Å². The van der Waals surface area contributed by atoms with Crippen molar-refractivity contribution < 1.29 is 4.74 Å². The van der Waals surface area contributed by atoms with Crippen LogP contribution in [0.2, 0.25) is 0 Å². The maximum Gasteiger partial charge on any atom is 0.0478 e. The summed E-state index contributed by atoms with van der Waals surface area (Å²) in [7, 11) is 0. The Kier molecular flexibility index (Phi) is 13.9. The van der Waals surface area contributed by atoms with Gasteiger partial charge in [-0.1, -0.05) is 46.5 Å². The van der Waals surface area contributed by atoms with E-state index in [1.54, 1.807) is 0 Å². The number of hydrogen-bond donors (Lipinski definition) is 1. The first-order valence-corrected chi connectivity index (χ1v) is 7.63. The fraction of sp³-hybridized carbons (Fsp3) is 1.00. The molecule has 0 rings (SSSR count). The first-order valence-electron chi connectivity index (χ1n) is 7.63. The zero-order chi connectivity index (χ0) is 12.8. The highest BCUT2D eigenvalue weighted by Gasteiger charge is 2.04. The zero-order valence-corrected chi connectivity index (χ0v) is 12.3. The molecule has 1 N–H and O–H groups in total. The summed E-state index contributed by atoms with van der Waals surface area (Å²) in [6.07, 6.45) is 8.96. The van der Waals surface area contributed by atoms with Crippen LogP contribution in [0.1, 0.15) is 65.7 Å². The molecule has 0 spiro atoms. The van der Waals surface area contributed by atoms with Crippen LogP contribution >= 0.6 is 0 Å². The molecule has 0 aromatic heterocycles. The lowest BCUT2D eigenvalue weighted by atomic mass is 9.99. The van der Waals surface area contributed by atoms with E-state index in [9.17, 15) is 0 Å². The van der Waals surface area contributed by atoms with Gasteiger partial charge in [0.05, 0.1) is 0 Å². The van der Waals surface area contributed by atoms with Gasteiger partial charge >= 0.3 is 0 Å². The van der Waals surface area contributed by atoms with E-state index in [0.29, 0.717) is 0 Å². The maximum absolute atomic E-state index is 5.53. The Morgan fingerprint density at radius 1 is 0.941 bits per heavy atom. The summed E-state index contributed by atoms with van der Waals surface area (Å²) in [5.74, 6) is 0.871. The fourth-order valence-corrected chi connectivity index (χ4v) is 1.90. The van der Waals surface area contributed by atoms with Gasteiger partial charge < -0.3 is 10.1 Å². The van der Waals surface area contributed by atoms with Gasteiger partial charge in [0.2, 0.25) is 0 Å². The highest BCUT2D eigenvalue weighted by atomic mass is 16.5. The smallest absolute Gasteiger partial charge is 0.0478 e. The molecule has 0 heterocycles. The molecular weight excluding hydrogens is 210 g/mol. The SMILES string of the molecule is CCCCOCCCNCC(CC)CCCC. The third-order valence-electron chi connectivity index (χ3n) is 3.26. The molecule has 1 atom stereocenters. The van der Waals surface area contributed by atoms with Crippen molar-refractivity contribution in [2.75, 3.05) is 26.3 Å². The number of ether oxygens (including phenoxy) is 1. The number of nitrogens with one attached hydrogen (secondary N) is 1. The minimum atomic E-state index is 0.871. The molecule has 0 fully saturated rings. The predicted molar refractivity (Wildman–Crippen MR) is 76.5 cm³/mol. The third-order valence-corrected chi connectivity index (χ3v) is 3.26. The zero-order valence-electron chi connectivity index (χ0n) is 12.3. The summed E-state index contributed by atoms with van der Waals surface area (Å²) in [6, 6.07) is 0. The number of rotatable bonds is 13. The summed E-state index contributed by atoms with van der Waals surface area (Å²) in [5, 5.41) is 3.56. The molecule has 0 aliphatic carbocycles. The number of hydrogen-bond acceptors (Lipinski definition) is 2. The second-order valence-corrected chi connectivity index (χ2v) is 4.94. The van der Waals surface area contributed by atoms with Gasteiger partial charge in [-0.15, -0.1) is 0 Å². The number of unbranched alkanes of at least 4 members (excludes halogenated alkanes) is 2. The molecule has 0 amide bonds. The molecule has 104 valence electrons. The van der Waals surface area contributed by atoms with Crippen LogP contribution in [0.15, 0.2) is 0 Å². The first-order chi connectivity index (χ1) is 8.35. The molecule has 2 nitrogen and oxygen atoms in total. The lowest BCUT2D eigenvalue weighted by Gasteiger charge is -2.15. The van der Waals surface area contributed by atoms with E-state index in [1.807, 2.05) is 0 Å². The van der Waals surface area contributed by atoms with Crippen LogP contribution in [0.5, 0.6) is 0 Å². The van der Waals surface area contributed by atoms with Gasteiger partial charge in [0.15, 0.2) is 0 Å². The summed E-state index contributed by atoms with van der Waals surface area (Å²) in [5.41, 5.74) is 0. The summed E-state index contributed by atoms with van der Waals surface area (Å²) in [6.45, 7) is 10.9. The van der Waals surface area contributed by atoms with Gasteiger partial charge in [-0.05, 0) is 38.3 Å². The largest absolute Gasteiger partial charge is 0.381 e. The lowest BCUT2D eigenvalue weighted by molar-refractivity contribution is 0.128. The van der Waals surface area contributed by atoms with Crippen LogP contribution in [-0.4, -0.2) is 26.3 Å². The Balaban J connectivity index is 3.19. The van der Waals surface area contributed by atoms with Gasteiger partial charge in [0.25, 0.3) is 0 Å². The van der Waals surface area contributed by atoms with Crippen molar-refractivity contribution in [3.8, 4) is 0 Å². The second-order valence-electron chi connectivity index (χ2n) is 4.94. The van der Waals surface area contributed by atoms with Gasteiger partial charge in [-0.3, -0.25) is 0 Å². The quantitative estimate of drug-likeness (QED) is 0.494. The van der Waals surface area contributed by atoms with Crippen molar-refractivity contribution in [3.05, 3.63) is 0 Å². The van der Waals surface area contributed by atoms with E-state index in [-0.39, 0.29) is 0 Å². The van der Waals surface area contributed by atoms with E-state index in [0.717, 1.165) is 32.1 Å². The molecule has 1 unspecified atom stereocenters. The van der Waals surface area contributed by atoms with Crippen LogP contribution in [-0.2, 0) is 4.74 Å². The van der Waals surface area contributed by atoms with Crippen molar-refractivity contribution in [1.29, 1.82) is 0 Å². The van der Waals surface area contributed by atoms with Crippen molar-refractivity contribution in [3.63, 3.8) is 0 Å². The fourth-order valence-electron chi connectivity index (χ4n) is 1.90. The van der Waals surface area contributed by atoms with E-state index < -0.39 is 0 Å². The Labute approximate surface area is 109 Å². The van der Waals surface area contributed by atoms with E-state index >= 15 is 0 Å². The molecule has 0 aromatic rings. The topological polar surface area (TPSA) is 21.3 Å². The monoisotopic (exact) mass is 243 g/mol. The molecule has 17 heavy (non-hydrogen) atoms. The van der Waals surface area contributed by atoms with Crippen LogP contribution in [0, 0.1) is 5.92 Å². The van der Waals surface area contributed by atoms with Crippen LogP contribution in [0.3, 0.4) is 0 Å². The first kappa shape index (κ1) is 16.9. The van der Waals surface area contributed by atoms with Crippen LogP contribution < -0.4 is 5.32 Å². The highest BCUT2D eigenvalue weighted by Crippen LogP contribution is 2.10. The molecule has 0 radical (unpaired) electrons. The predicted octanol–water partition coefficient (Wildman–Crippen LogP) is 4.00. The molecular formula is C15H33NO. The Morgan fingerprint density at radius 2 is 1.65 bits per heavy atom. The van der Waals surface area contributed by atoms with Crippen LogP contribution in [0.25, 0.3) is 0 Å². The highest BCUT2D eigenvalue weighted by molar-refractivity contribution is 4.60. The van der Waals surface area contributed by atoms with Crippen molar-refractivity contribution in [2.45, 2.75) is 65.7 Å². The normalized spacial score (nSPS) is 12.9. The lowest BCUT2D eigenvalue weighted by Crippen LogP contribution is -2.24. The van der Waals surface area contributed by atoms with Gasteiger partial charge in [-0.2, -0.15) is 0 Å². The maximum atomic E-state index is 5.53. The van der Waals surface area contributed by atoms with E-state index in [1.165, 1.54) is 45.1 Å². The van der Waals surface area contributed by atoms with E-state index in [4.69, 9.17) is 4.74 Å². The molecule has 0 bridgehead atoms. The van der Waals surface area contributed by atoms with E-state index in [2.05, 4.69) is 26.1 Å². The van der Waals surface area contributed by atoms with Crippen molar-refractivity contribution >= 4 is 0 Å². The van der Waals surface area contributed by atoms with Crippen molar-refractivity contribution in [1.82, 2.24) is 5.32 Å². The van der Waals surface area contributed by atoms with Crippen molar-refractivity contribution in [2.24, 2.45) is 5.92 Å². The average Bonchev–Trinajstić information content (AvgIpc) is 2.36. The molecule has 0 saturated heterocycles. The molecule has 0 aliphatic heterocycles. The Bertz CT molecular complexity index is 139. The van der Waals surface area contributed by atoms with Crippen LogP contribution in [0.4, 0.5) is 0 Å². The minimum Gasteiger partial charge on any atom is -0.381 e. The molecule has 0 aliphatic rings. The summed E-state index contributed by atoms with van der Waals surface area (Å²) in [4.78, 5) is 0. The standard InChI is InChI=1S/C15H33NO/c1-4-7-10-15(6-3)14-16-11-9-13-17-12-8-5-2/h15-16H,4-14H2,1-3H3. The molecule has 0 aromatic carbocycles. The van der Waals surface area contributed by atoms with Gasteiger partial charge in [0, 0.05) is 13.2 Å². The third kappa shape index (κ3) is 12.2. The molecule has 0 saturated carbocycles. The summed E-state index contributed by atoms with van der Waals surface area (Å²) < 4.78 is 5.53. The van der Waals surface area contributed by atoms with Gasteiger partial charge in [0.1, 0.15) is 0 Å². The Morgan fingerprint density at radius 3 is 2.29 bits per heavy atom. The summed E-state index contributed by atoms with van der Waals surface area (Å²) >= 11 is 0. The average molecular weight is 243 g/mol. The Hall–Kier alpha value is -0.0800. The second kappa shape index (κ2) is 14.0. The molecule has 2 heteroatoms.